The summed E-state index contributed by atoms with van der Waals surface area (Å²) in [6, 6.07) is 6.88. The molecule has 1 aromatic rings. The fraction of sp³-hybridized carbons (Fsp3) is 0.364. The normalized spacial score (nSPS) is 14.4. The average molecular weight is 242 g/mol. The molecule has 1 rings (SSSR count). The zero-order chi connectivity index (χ0) is 12.1. The van der Waals surface area contributed by atoms with Crippen molar-refractivity contribution in [2.75, 3.05) is 5.75 Å². The number of carboxylic acids is 1. The van der Waals surface area contributed by atoms with E-state index in [-0.39, 0.29) is 0 Å². The number of aliphatic carboxylic acids is 1. The van der Waals surface area contributed by atoms with Crippen molar-refractivity contribution < 1.29 is 20.1 Å². The molecule has 4 nitrogen and oxygen atoms in total. The molecule has 0 aliphatic carbocycles. The highest BCUT2D eigenvalue weighted by atomic mass is 32.2. The van der Waals surface area contributed by atoms with Crippen molar-refractivity contribution in [2.45, 2.75) is 24.0 Å². The second-order valence-electron chi connectivity index (χ2n) is 3.23. The van der Waals surface area contributed by atoms with Gasteiger partial charge >= 0.3 is 5.97 Å². The van der Waals surface area contributed by atoms with Crippen LogP contribution in [0.2, 0.25) is 0 Å². The van der Waals surface area contributed by atoms with E-state index in [1.54, 1.807) is 30.0 Å². The number of hydrogen-bond acceptors (Lipinski definition) is 4. The van der Waals surface area contributed by atoms with E-state index in [2.05, 4.69) is 0 Å². The first-order valence-electron chi connectivity index (χ1n) is 4.88. The summed E-state index contributed by atoms with van der Waals surface area (Å²) < 4.78 is 0. The highest BCUT2D eigenvalue weighted by Crippen LogP contribution is 2.23. The monoisotopic (exact) mass is 242 g/mol. The average Bonchev–Trinajstić information content (AvgIpc) is 2.28. The number of carbonyl (C=O) groups is 1. The van der Waals surface area contributed by atoms with Crippen molar-refractivity contribution in [3.63, 3.8) is 0 Å². The minimum atomic E-state index is -1.79. The molecular weight excluding hydrogens is 228 g/mol. The molecule has 0 saturated heterocycles. The molecule has 88 valence electrons. The molecular formula is C11H14O4S. The lowest BCUT2D eigenvalue weighted by atomic mass is 10.0. The molecule has 0 saturated carbocycles. The van der Waals surface area contributed by atoms with E-state index >= 15 is 0 Å². The highest BCUT2D eigenvalue weighted by Gasteiger charge is 2.25. The van der Waals surface area contributed by atoms with E-state index in [9.17, 15) is 15.0 Å². The Balaban J connectivity index is 2.86. The van der Waals surface area contributed by atoms with Gasteiger partial charge < -0.3 is 15.3 Å². The number of rotatable bonds is 5. The van der Waals surface area contributed by atoms with Gasteiger partial charge in [-0.25, -0.2) is 4.79 Å². The van der Waals surface area contributed by atoms with Gasteiger partial charge in [0.1, 0.15) is 6.10 Å². The predicted molar refractivity (Wildman–Crippen MR) is 61.4 cm³/mol. The van der Waals surface area contributed by atoms with Gasteiger partial charge in [-0.05, 0) is 23.4 Å². The molecule has 0 aromatic heterocycles. The number of hydrogen-bond donors (Lipinski definition) is 3. The van der Waals surface area contributed by atoms with Gasteiger partial charge in [-0.1, -0.05) is 19.1 Å². The third-order valence-corrected chi connectivity index (χ3v) is 2.94. The Kier molecular flexibility index (Phi) is 4.79. The topological polar surface area (TPSA) is 77.8 Å². The Morgan fingerprint density at radius 3 is 2.69 bits per heavy atom. The molecule has 0 amide bonds. The van der Waals surface area contributed by atoms with Crippen LogP contribution in [0.1, 0.15) is 18.6 Å². The van der Waals surface area contributed by atoms with E-state index in [0.29, 0.717) is 5.56 Å². The quantitative estimate of drug-likeness (QED) is 0.678. The lowest BCUT2D eigenvalue weighted by molar-refractivity contribution is -0.153. The van der Waals surface area contributed by atoms with Crippen molar-refractivity contribution in [1.29, 1.82) is 0 Å². The SMILES string of the molecule is CCSc1cccc(C(O)C(O)C(=O)O)c1. The summed E-state index contributed by atoms with van der Waals surface area (Å²) in [7, 11) is 0. The number of aliphatic hydroxyl groups excluding tert-OH is 2. The number of thioether (sulfide) groups is 1. The van der Waals surface area contributed by atoms with Gasteiger partial charge in [0, 0.05) is 4.90 Å². The maximum absolute atomic E-state index is 10.5. The van der Waals surface area contributed by atoms with E-state index in [1.807, 2.05) is 13.0 Å². The highest BCUT2D eigenvalue weighted by molar-refractivity contribution is 7.99. The molecule has 16 heavy (non-hydrogen) atoms. The fourth-order valence-corrected chi connectivity index (χ4v) is 2.00. The summed E-state index contributed by atoms with van der Waals surface area (Å²) in [6.07, 6.45) is -3.18. The number of benzene rings is 1. The van der Waals surface area contributed by atoms with Crippen LogP contribution in [0.5, 0.6) is 0 Å². The third kappa shape index (κ3) is 3.23. The standard InChI is InChI=1S/C11H14O4S/c1-2-16-8-5-3-4-7(6-8)9(12)10(13)11(14)15/h3-6,9-10,12-13H,2H2,1H3,(H,14,15). The van der Waals surface area contributed by atoms with Crippen molar-refractivity contribution in [1.82, 2.24) is 0 Å². The van der Waals surface area contributed by atoms with Crippen LogP contribution in [0.4, 0.5) is 0 Å². The molecule has 0 spiro atoms. The first-order chi connectivity index (χ1) is 7.56. The molecule has 0 heterocycles. The molecule has 0 aliphatic rings. The molecule has 0 aliphatic heterocycles. The zero-order valence-corrected chi connectivity index (χ0v) is 9.65. The molecule has 0 bridgehead atoms. The lowest BCUT2D eigenvalue weighted by Crippen LogP contribution is -2.27. The summed E-state index contributed by atoms with van der Waals surface area (Å²) in [4.78, 5) is 11.5. The van der Waals surface area contributed by atoms with Gasteiger partial charge in [-0.15, -0.1) is 11.8 Å². The van der Waals surface area contributed by atoms with Crippen molar-refractivity contribution >= 4 is 17.7 Å². The van der Waals surface area contributed by atoms with Crippen molar-refractivity contribution in [3.05, 3.63) is 29.8 Å². The Morgan fingerprint density at radius 1 is 1.44 bits per heavy atom. The molecule has 0 fully saturated rings. The Labute approximate surface area is 97.9 Å². The maximum atomic E-state index is 10.5. The molecule has 1 aromatic carbocycles. The first kappa shape index (κ1) is 13.0. The van der Waals surface area contributed by atoms with Crippen molar-refractivity contribution in [3.8, 4) is 0 Å². The maximum Gasteiger partial charge on any atom is 0.335 e. The molecule has 3 N–H and O–H groups in total. The summed E-state index contributed by atoms with van der Waals surface area (Å²) in [5, 5.41) is 27.4. The number of aliphatic hydroxyl groups is 2. The zero-order valence-electron chi connectivity index (χ0n) is 8.83. The third-order valence-electron chi connectivity index (χ3n) is 2.06. The smallest absolute Gasteiger partial charge is 0.335 e. The Bertz CT molecular complexity index is 367. The van der Waals surface area contributed by atoms with Crippen LogP contribution in [0, 0.1) is 0 Å². The van der Waals surface area contributed by atoms with Gasteiger partial charge in [-0.2, -0.15) is 0 Å². The van der Waals surface area contributed by atoms with Crippen LogP contribution < -0.4 is 0 Å². The van der Waals surface area contributed by atoms with E-state index < -0.39 is 18.2 Å². The second kappa shape index (κ2) is 5.89. The van der Waals surface area contributed by atoms with Gasteiger partial charge in [0.2, 0.25) is 0 Å². The van der Waals surface area contributed by atoms with Gasteiger partial charge in [0.05, 0.1) is 0 Å². The minimum Gasteiger partial charge on any atom is -0.479 e. The minimum absolute atomic E-state index is 0.411. The van der Waals surface area contributed by atoms with Crippen LogP contribution in [0.3, 0.4) is 0 Å². The fourth-order valence-electron chi connectivity index (χ4n) is 1.27. The van der Waals surface area contributed by atoms with Crippen LogP contribution in [-0.2, 0) is 4.79 Å². The summed E-state index contributed by atoms with van der Waals surface area (Å²) in [5.41, 5.74) is 0.411. The number of carboxylic acid groups (broad SMARTS) is 1. The van der Waals surface area contributed by atoms with Crippen LogP contribution >= 0.6 is 11.8 Å². The van der Waals surface area contributed by atoms with Crippen LogP contribution in [0.15, 0.2) is 29.2 Å². The summed E-state index contributed by atoms with van der Waals surface area (Å²) in [5.74, 6) is -0.540. The predicted octanol–water partition coefficient (Wildman–Crippen LogP) is 1.28. The lowest BCUT2D eigenvalue weighted by Gasteiger charge is -2.14. The first-order valence-corrected chi connectivity index (χ1v) is 5.86. The molecule has 5 heteroatoms. The van der Waals surface area contributed by atoms with Crippen LogP contribution in [-0.4, -0.2) is 33.1 Å². The molecule has 2 atom stereocenters. The van der Waals surface area contributed by atoms with Gasteiger partial charge in [-0.3, -0.25) is 0 Å². The Hall–Kier alpha value is -1.04. The van der Waals surface area contributed by atoms with E-state index in [1.165, 1.54) is 0 Å². The van der Waals surface area contributed by atoms with Gasteiger partial charge in [0.25, 0.3) is 0 Å². The van der Waals surface area contributed by atoms with Crippen LogP contribution in [0.25, 0.3) is 0 Å². The Morgan fingerprint density at radius 2 is 2.12 bits per heavy atom. The summed E-state index contributed by atoms with van der Waals surface area (Å²) in [6.45, 7) is 2.00. The van der Waals surface area contributed by atoms with Crippen molar-refractivity contribution in [2.24, 2.45) is 0 Å². The second-order valence-corrected chi connectivity index (χ2v) is 4.57. The van der Waals surface area contributed by atoms with E-state index in [0.717, 1.165) is 10.6 Å². The molecule has 0 radical (unpaired) electrons. The van der Waals surface area contributed by atoms with Gasteiger partial charge in [0.15, 0.2) is 6.10 Å². The summed E-state index contributed by atoms with van der Waals surface area (Å²) >= 11 is 1.59. The largest absolute Gasteiger partial charge is 0.479 e. The van der Waals surface area contributed by atoms with E-state index in [4.69, 9.17) is 5.11 Å². The molecule has 2 unspecified atom stereocenters.